The fourth-order valence-electron chi connectivity index (χ4n) is 2.23. The molecule has 0 radical (unpaired) electrons. The first kappa shape index (κ1) is 22.4. The molecular weight excluding hydrogens is 401 g/mol. The third kappa shape index (κ3) is 5.68. The molecule has 8 heteroatoms. The third-order valence-electron chi connectivity index (χ3n) is 3.53. The second kappa shape index (κ2) is 10.5. The Labute approximate surface area is 168 Å². The quantitative estimate of drug-likeness (QED) is 0.625. The molecule has 0 amide bonds. The van der Waals surface area contributed by atoms with Crippen LogP contribution in [0.1, 0.15) is 24.5 Å². The van der Waals surface area contributed by atoms with E-state index in [1.165, 1.54) is 6.07 Å². The lowest BCUT2D eigenvalue weighted by molar-refractivity contribution is -0.143. The van der Waals surface area contributed by atoms with Crippen molar-refractivity contribution in [2.75, 3.05) is 6.61 Å². The van der Waals surface area contributed by atoms with E-state index in [0.717, 1.165) is 5.56 Å². The molecule has 26 heavy (non-hydrogen) atoms. The van der Waals surface area contributed by atoms with Crippen molar-refractivity contribution < 1.29 is 19.4 Å². The lowest BCUT2D eigenvalue weighted by atomic mass is 10.1. The summed E-state index contributed by atoms with van der Waals surface area (Å²) in [5, 5.41) is 10.2. The summed E-state index contributed by atoms with van der Waals surface area (Å²) in [6.07, 6.45) is 0.649. The lowest BCUT2D eigenvalue weighted by Crippen LogP contribution is -2.05. The zero-order valence-electron chi connectivity index (χ0n) is 14.1. The zero-order chi connectivity index (χ0) is 18.4. The van der Waals surface area contributed by atoms with E-state index < -0.39 is 0 Å². The molecule has 2 aromatic rings. The molecular formula is C18H20Cl3NO4. The number of aryl methyl sites for hydroxylation is 1. The van der Waals surface area contributed by atoms with Gasteiger partial charge in [0.05, 0.1) is 11.6 Å². The highest BCUT2D eigenvalue weighted by molar-refractivity contribution is 6.43. The third-order valence-corrected chi connectivity index (χ3v) is 4.43. The van der Waals surface area contributed by atoms with Gasteiger partial charge in [-0.25, -0.2) is 0 Å². The SMILES string of the molecule is CCOC(=O)CCc1ccc(Oc2ccc(O)c(CN)c2)c(Cl)c1Cl.Cl. The van der Waals surface area contributed by atoms with Crippen molar-refractivity contribution in [2.24, 2.45) is 5.73 Å². The molecule has 0 heterocycles. The average molecular weight is 421 g/mol. The van der Waals surface area contributed by atoms with Crippen LogP contribution < -0.4 is 10.5 Å². The Kier molecular flexibility index (Phi) is 9.02. The minimum atomic E-state index is -0.284. The molecule has 0 fully saturated rings. The van der Waals surface area contributed by atoms with Gasteiger partial charge in [0, 0.05) is 18.5 Å². The molecule has 0 spiro atoms. The van der Waals surface area contributed by atoms with Gasteiger partial charge in [-0.2, -0.15) is 0 Å². The van der Waals surface area contributed by atoms with E-state index >= 15 is 0 Å². The van der Waals surface area contributed by atoms with Gasteiger partial charge in [-0.1, -0.05) is 29.3 Å². The average Bonchev–Trinajstić information content (AvgIpc) is 2.60. The Hall–Kier alpha value is -1.66. The molecule has 0 saturated carbocycles. The van der Waals surface area contributed by atoms with Crippen LogP contribution in [0.4, 0.5) is 0 Å². The first-order valence-corrected chi connectivity index (χ1v) is 8.54. The number of phenolic OH excluding ortho intramolecular Hbond substituents is 1. The summed E-state index contributed by atoms with van der Waals surface area (Å²) in [5.41, 5.74) is 6.86. The highest BCUT2D eigenvalue weighted by Crippen LogP contribution is 2.38. The van der Waals surface area contributed by atoms with Gasteiger partial charge in [-0.05, 0) is 43.2 Å². The number of aromatic hydroxyl groups is 1. The highest BCUT2D eigenvalue weighted by atomic mass is 35.5. The van der Waals surface area contributed by atoms with Crippen molar-refractivity contribution in [1.82, 2.24) is 0 Å². The van der Waals surface area contributed by atoms with Gasteiger partial charge in [0.25, 0.3) is 0 Å². The summed E-state index contributed by atoms with van der Waals surface area (Å²) in [6.45, 7) is 2.29. The second-order valence-electron chi connectivity index (χ2n) is 5.25. The van der Waals surface area contributed by atoms with E-state index in [1.54, 1.807) is 31.2 Å². The fourth-order valence-corrected chi connectivity index (χ4v) is 2.70. The number of carbonyl (C=O) groups is 1. The Balaban J connectivity index is 0.00000338. The number of ether oxygens (including phenoxy) is 2. The normalized spacial score (nSPS) is 10.2. The molecule has 0 aliphatic heterocycles. The van der Waals surface area contributed by atoms with Crippen LogP contribution in [-0.2, 0) is 22.5 Å². The van der Waals surface area contributed by atoms with Gasteiger partial charge < -0.3 is 20.3 Å². The monoisotopic (exact) mass is 419 g/mol. The van der Waals surface area contributed by atoms with Gasteiger partial charge in [-0.3, -0.25) is 4.79 Å². The molecule has 0 bridgehead atoms. The van der Waals surface area contributed by atoms with Gasteiger partial charge in [0.1, 0.15) is 22.3 Å². The molecule has 5 nitrogen and oxygen atoms in total. The smallest absolute Gasteiger partial charge is 0.306 e. The van der Waals surface area contributed by atoms with Crippen molar-refractivity contribution in [1.29, 1.82) is 0 Å². The number of nitrogens with two attached hydrogens (primary N) is 1. The van der Waals surface area contributed by atoms with Crippen LogP contribution in [0.3, 0.4) is 0 Å². The summed E-state index contributed by atoms with van der Waals surface area (Å²) >= 11 is 12.6. The first-order chi connectivity index (χ1) is 12.0. The molecule has 0 aromatic heterocycles. The Bertz CT molecular complexity index is 768. The van der Waals surface area contributed by atoms with Crippen molar-refractivity contribution in [3.8, 4) is 17.2 Å². The number of rotatable bonds is 7. The van der Waals surface area contributed by atoms with Crippen LogP contribution in [0.2, 0.25) is 10.0 Å². The maximum absolute atomic E-state index is 11.5. The second-order valence-corrected chi connectivity index (χ2v) is 6.01. The van der Waals surface area contributed by atoms with Crippen LogP contribution in [0.25, 0.3) is 0 Å². The maximum atomic E-state index is 11.5. The van der Waals surface area contributed by atoms with Gasteiger partial charge in [0.15, 0.2) is 0 Å². The molecule has 0 atom stereocenters. The number of halogens is 3. The van der Waals surface area contributed by atoms with Crippen molar-refractivity contribution in [2.45, 2.75) is 26.3 Å². The molecule has 0 aliphatic carbocycles. The predicted octanol–water partition coefficient (Wildman–Crippen LogP) is 4.87. The minimum Gasteiger partial charge on any atom is -0.508 e. The lowest BCUT2D eigenvalue weighted by Gasteiger charge is -2.13. The molecule has 2 aromatic carbocycles. The molecule has 2 rings (SSSR count). The molecule has 3 N–H and O–H groups in total. The van der Waals surface area contributed by atoms with E-state index in [2.05, 4.69) is 0 Å². The number of carbonyl (C=O) groups excluding carboxylic acids is 1. The Morgan fingerprint density at radius 2 is 1.88 bits per heavy atom. The van der Waals surface area contributed by atoms with Crippen molar-refractivity contribution in [3.05, 3.63) is 51.5 Å². The summed E-state index contributed by atoms with van der Waals surface area (Å²) in [7, 11) is 0. The number of esters is 1. The summed E-state index contributed by atoms with van der Waals surface area (Å²) in [4.78, 5) is 11.5. The van der Waals surface area contributed by atoms with Crippen LogP contribution in [-0.4, -0.2) is 17.7 Å². The van der Waals surface area contributed by atoms with E-state index in [4.69, 9.17) is 38.4 Å². The summed E-state index contributed by atoms with van der Waals surface area (Å²) in [5.74, 6) is 0.678. The van der Waals surface area contributed by atoms with E-state index in [-0.39, 0.29) is 42.1 Å². The van der Waals surface area contributed by atoms with Crippen molar-refractivity contribution >= 4 is 41.6 Å². The van der Waals surface area contributed by atoms with Crippen LogP contribution in [0.15, 0.2) is 30.3 Å². The van der Waals surface area contributed by atoms with E-state index in [9.17, 15) is 9.90 Å². The van der Waals surface area contributed by atoms with Gasteiger partial charge >= 0.3 is 5.97 Å². The molecule has 0 aliphatic rings. The van der Waals surface area contributed by atoms with Crippen LogP contribution in [0, 0.1) is 0 Å². The summed E-state index contributed by atoms with van der Waals surface area (Å²) in [6, 6.07) is 8.18. The standard InChI is InChI=1S/C18H19Cl2NO4.ClH/c1-2-24-16(23)8-4-11-3-7-15(18(20)17(11)19)25-13-5-6-14(22)12(9-13)10-21;/h3,5-7,9,22H,2,4,8,10,21H2,1H3;1H. The number of hydrogen-bond acceptors (Lipinski definition) is 5. The number of phenols is 1. The Morgan fingerprint density at radius 1 is 1.15 bits per heavy atom. The van der Waals surface area contributed by atoms with Gasteiger partial charge in [-0.15, -0.1) is 12.4 Å². The van der Waals surface area contributed by atoms with E-state index in [0.29, 0.717) is 35.1 Å². The van der Waals surface area contributed by atoms with Crippen LogP contribution in [0.5, 0.6) is 17.2 Å². The highest BCUT2D eigenvalue weighted by Gasteiger charge is 2.14. The van der Waals surface area contributed by atoms with Gasteiger partial charge in [0.2, 0.25) is 0 Å². The van der Waals surface area contributed by atoms with E-state index in [1.807, 2.05) is 0 Å². The van der Waals surface area contributed by atoms with Crippen molar-refractivity contribution in [3.63, 3.8) is 0 Å². The topological polar surface area (TPSA) is 81.8 Å². The first-order valence-electron chi connectivity index (χ1n) is 7.78. The minimum absolute atomic E-state index is 0. The fraction of sp³-hybridized carbons (Fsp3) is 0.278. The maximum Gasteiger partial charge on any atom is 0.306 e. The number of benzene rings is 2. The van der Waals surface area contributed by atoms with Crippen LogP contribution >= 0.6 is 35.6 Å². The largest absolute Gasteiger partial charge is 0.508 e. The predicted molar refractivity (Wildman–Crippen MR) is 105 cm³/mol. The molecule has 0 unspecified atom stereocenters. The Morgan fingerprint density at radius 3 is 2.54 bits per heavy atom. The molecule has 0 saturated heterocycles. The zero-order valence-corrected chi connectivity index (χ0v) is 16.5. The number of hydrogen-bond donors (Lipinski definition) is 2. The summed E-state index contributed by atoms with van der Waals surface area (Å²) < 4.78 is 10.6. The molecule has 142 valence electrons.